The van der Waals surface area contributed by atoms with Crippen LogP contribution in [0.25, 0.3) is 0 Å². The van der Waals surface area contributed by atoms with Crippen molar-refractivity contribution in [3.05, 3.63) is 0 Å². The van der Waals surface area contributed by atoms with Crippen LogP contribution in [0.3, 0.4) is 0 Å². The van der Waals surface area contributed by atoms with E-state index in [0.717, 1.165) is 96.3 Å². The number of methoxy groups -OCH3 is 1. The number of aliphatic hydroxyl groups is 5. The van der Waals surface area contributed by atoms with Crippen LogP contribution < -0.4 is 29.6 Å². The van der Waals surface area contributed by atoms with E-state index in [2.05, 4.69) is 55.4 Å². The van der Waals surface area contributed by atoms with Crippen molar-refractivity contribution >= 4 is 18.1 Å². The molecule has 0 aromatic heterocycles. The molecule has 6 unspecified atom stereocenters. The molecule has 70 heavy (non-hydrogen) atoms. The van der Waals surface area contributed by atoms with Crippen molar-refractivity contribution in [1.29, 1.82) is 0 Å². The van der Waals surface area contributed by atoms with E-state index in [1.165, 1.54) is 7.11 Å². The molecule has 0 radical (unpaired) electrons. The first kappa shape index (κ1) is 59.8. The summed E-state index contributed by atoms with van der Waals surface area (Å²) in [5, 5.41) is 66.7. The Kier molecular flexibility index (Phi) is 20.1. The third-order valence-corrected chi connectivity index (χ3v) is 22.5. The number of hydrogen-bond donors (Lipinski definition) is 6. The van der Waals surface area contributed by atoms with Gasteiger partial charge in [-0.3, -0.25) is 9.59 Å². The molecule has 8 rings (SSSR count). The molecule has 8 fully saturated rings. The number of esters is 1. The summed E-state index contributed by atoms with van der Waals surface area (Å²) in [5.74, 6) is 2.40. The van der Waals surface area contributed by atoms with E-state index in [4.69, 9.17) is 19.3 Å². The largest absolute Gasteiger partial charge is 1.00 e. The number of carbonyl (C=O) groups is 3. The number of hydrogen-bond acceptors (Lipinski definition) is 12. The average molecular weight is 999 g/mol. The summed E-state index contributed by atoms with van der Waals surface area (Å²) in [5.41, 5.74) is -0.232. The Balaban J connectivity index is 0.000000257. The smallest absolute Gasteiger partial charge is 0.870 e. The summed E-state index contributed by atoms with van der Waals surface area (Å²) in [4.78, 5) is 35.0. The number of aliphatic hydroxyl groups excluding tert-OH is 5. The second-order valence-corrected chi connectivity index (χ2v) is 25.3. The molecule has 13 nitrogen and oxygen atoms in total. The predicted molar refractivity (Wildman–Crippen MR) is 261 cm³/mol. The molecule has 0 aromatic carbocycles. The Morgan fingerprint density at radius 1 is 0.629 bits per heavy atom. The molecule has 0 bridgehead atoms. The van der Waals surface area contributed by atoms with Gasteiger partial charge in [-0.25, -0.2) is 4.79 Å². The SMILES string of the molecule is CCOC(=O)O[C@@H]1CC[C@]2(C)C3C(C4CC[C@H]([C@H](C)CCC(=O)OC)[C@@]4(C)C[C@@H]3O)[C@H](O)[C@H](CC)[C@@H]2C1.CC[C@H]1[C@@H](O)C2C3CC[C@H]([C@H](C)CCC(=O)O)[C@@]3(C)C[C@H](O)C2[C@@]2(C)CC[C@@H](O)C[C@@H]12.[Na+].[OH-]. The van der Waals surface area contributed by atoms with Crippen LogP contribution in [0.5, 0.6) is 0 Å². The molecule has 0 aliphatic heterocycles. The van der Waals surface area contributed by atoms with Crippen LogP contribution in [0.4, 0.5) is 4.79 Å². The van der Waals surface area contributed by atoms with Gasteiger partial charge in [-0.2, -0.15) is 0 Å². The molecule has 8 aliphatic carbocycles. The van der Waals surface area contributed by atoms with Gasteiger partial charge in [0.25, 0.3) is 0 Å². The fourth-order valence-corrected chi connectivity index (χ4v) is 19.7. The molecule has 24 atom stereocenters. The van der Waals surface area contributed by atoms with Crippen LogP contribution in [0.2, 0.25) is 0 Å². The number of ether oxygens (including phenoxy) is 3. The Labute approximate surface area is 442 Å². The molecule has 0 saturated heterocycles. The first-order valence-corrected chi connectivity index (χ1v) is 27.6. The number of carbonyl (C=O) groups excluding carboxylic acids is 2. The summed E-state index contributed by atoms with van der Waals surface area (Å²) < 4.78 is 15.6. The quantitative estimate of drug-likeness (QED) is 0.0938. The molecule has 14 heteroatoms. The summed E-state index contributed by atoms with van der Waals surface area (Å²) in [6.45, 7) is 20.2. The van der Waals surface area contributed by atoms with Crippen molar-refractivity contribution in [2.24, 2.45) is 105 Å². The third-order valence-electron chi connectivity index (χ3n) is 22.5. The summed E-state index contributed by atoms with van der Waals surface area (Å²) in [6, 6.07) is 0. The van der Waals surface area contributed by atoms with Crippen molar-refractivity contribution in [2.75, 3.05) is 13.7 Å². The maximum absolute atomic E-state index is 12.0. The van der Waals surface area contributed by atoms with Gasteiger partial charge in [0.05, 0.1) is 44.2 Å². The fourth-order valence-electron chi connectivity index (χ4n) is 19.7. The molecule has 8 aliphatic rings. The van der Waals surface area contributed by atoms with Crippen LogP contribution in [0.1, 0.15) is 178 Å². The number of carboxylic acids is 1. The van der Waals surface area contributed by atoms with Gasteiger partial charge in [0.1, 0.15) is 6.10 Å². The Hall–Kier alpha value is -1.03. The van der Waals surface area contributed by atoms with E-state index in [0.29, 0.717) is 55.0 Å². The molecule has 7 N–H and O–H groups in total. The second-order valence-electron chi connectivity index (χ2n) is 25.3. The average Bonchev–Trinajstić information content (AvgIpc) is 3.81. The zero-order valence-corrected chi connectivity index (χ0v) is 47.1. The van der Waals surface area contributed by atoms with E-state index in [1.54, 1.807) is 6.92 Å². The van der Waals surface area contributed by atoms with Gasteiger partial charge in [-0.1, -0.05) is 68.2 Å². The molecule has 0 amide bonds. The van der Waals surface area contributed by atoms with Crippen LogP contribution in [0, 0.1) is 105 Å². The number of fused-ring (bicyclic) bond motifs is 10. The van der Waals surface area contributed by atoms with E-state index >= 15 is 0 Å². The van der Waals surface area contributed by atoms with Gasteiger partial charge >= 0.3 is 47.7 Å². The van der Waals surface area contributed by atoms with Crippen LogP contribution in [-0.2, 0) is 23.8 Å². The molecule has 0 aromatic rings. The maximum Gasteiger partial charge on any atom is 1.00 e. The van der Waals surface area contributed by atoms with Gasteiger partial charge < -0.3 is 50.3 Å². The van der Waals surface area contributed by atoms with Crippen LogP contribution in [-0.4, -0.2) is 105 Å². The predicted octanol–water partition coefficient (Wildman–Crippen LogP) is 6.27. The summed E-state index contributed by atoms with van der Waals surface area (Å²) in [6.07, 6.45) is 11.6. The number of rotatable bonds is 12. The number of aliphatic carboxylic acids is 1. The monoisotopic (exact) mass is 999 g/mol. The second kappa shape index (κ2) is 23.5. The van der Waals surface area contributed by atoms with Crippen molar-refractivity contribution in [2.45, 2.75) is 215 Å². The van der Waals surface area contributed by atoms with Gasteiger partial charge in [0.15, 0.2) is 0 Å². The van der Waals surface area contributed by atoms with Crippen molar-refractivity contribution in [1.82, 2.24) is 0 Å². The van der Waals surface area contributed by atoms with Crippen LogP contribution in [0.15, 0.2) is 0 Å². The molecular weight excluding hydrogens is 904 g/mol. The third kappa shape index (κ3) is 10.6. The Bertz CT molecular complexity index is 1770. The zero-order chi connectivity index (χ0) is 49.8. The first-order valence-electron chi connectivity index (χ1n) is 27.6. The molecule has 0 spiro atoms. The molecule has 0 heterocycles. The van der Waals surface area contributed by atoms with Gasteiger partial charge in [0, 0.05) is 12.8 Å². The molecule has 398 valence electrons. The molecule has 8 saturated carbocycles. The van der Waals surface area contributed by atoms with E-state index in [9.17, 15) is 39.9 Å². The van der Waals surface area contributed by atoms with Gasteiger partial charge in [-0.05, 0) is 201 Å². The fraction of sp³-hybridized carbons (Fsp3) is 0.946. The van der Waals surface area contributed by atoms with Crippen molar-refractivity contribution in [3.8, 4) is 0 Å². The normalized spacial score (nSPS) is 47.5. The topological polar surface area (TPSA) is 230 Å². The minimum absolute atomic E-state index is 0. The summed E-state index contributed by atoms with van der Waals surface area (Å²) in [7, 11) is 1.44. The van der Waals surface area contributed by atoms with E-state index in [-0.39, 0.29) is 129 Å². The Morgan fingerprint density at radius 3 is 1.53 bits per heavy atom. The first-order chi connectivity index (χ1) is 32.1. The van der Waals surface area contributed by atoms with Gasteiger partial charge in [-0.15, -0.1) is 0 Å². The van der Waals surface area contributed by atoms with Gasteiger partial charge in [0.2, 0.25) is 0 Å². The van der Waals surface area contributed by atoms with E-state index < -0.39 is 36.5 Å². The van der Waals surface area contributed by atoms with Crippen LogP contribution >= 0.6 is 0 Å². The minimum atomic E-state index is -0.734. The minimum Gasteiger partial charge on any atom is -0.870 e. The van der Waals surface area contributed by atoms with Crippen molar-refractivity contribution in [3.63, 3.8) is 0 Å². The molecular formula is C56H95NaO13. The zero-order valence-electron chi connectivity index (χ0n) is 45.1. The standard InChI is InChI=1S/C30H50O7.C26H44O5.Na.H2O/c1-7-19-22-15-18(37-28(34)36-8-2)13-14-29(22,4)26-23(31)16-30(5)20(17(3)9-12-24(32)35-6)10-11-21(30)25(26)27(19)33;1-5-16-19-12-15(27)10-11-25(19,3)23-20(28)13-26(4)17(14(2)6-9-21(29)30)7-8-18(26)22(23)24(16)31;;/h17-23,25-27,31,33H,7-16H2,1-6H3;14-20,22-24,27-28,31H,5-13H2,1-4H3,(H,29,30);;1H2/q;;+1;/p-1/t17-,18-,19-,20-,21?,22+,23+,25?,26?,27-,29+,30-;14-,15-,16-,17-,18?,19+,20+,22?,23?,24-,25+,26-;;/m11../s1. The van der Waals surface area contributed by atoms with E-state index in [1.807, 2.05) is 0 Å². The summed E-state index contributed by atoms with van der Waals surface area (Å²) >= 11 is 0. The number of carboxylic acid groups (broad SMARTS) is 1. The Morgan fingerprint density at radius 2 is 1.09 bits per heavy atom. The van der Waals surface area contributed by atoms with Crippen molar-refractivity contribution < 1.29 is 94.3 Å². The maximum atomic E-state index is 12.0.